The fourth-order valence-electron chi connectivity index (χ4n) is 2.83. The molecule has 2 heterocycles. The van der Waals surface area contributed by atoms with Gasteiger partial charge in [0.05, 0.1) is 22.1 Å². The maximum absolute atomic E-state index is 4.61. The molecule has 0 saturated heterocycles. The molecular weight excluding hydrogens is 343 g/mol. The molecule has 2 aromatic carbocycles. The summed E-state index contributed by atoms with van der Waals surface area (Å²) in [5.74, 6) is 2.15. The Morgan fingerprint density at radius 2 is 1.04 bits per heavy atom. The van der Waals surface area contributed by atoms with Crippen LogP contribution in [0.25, 0.3) is 22.1 Å². The van der Waals surface area contributed by atoms with Gasteiger partial charge >= 0.3 is 0 Å². The minimum atomic E-state index is 0. The first-order valence-corrected chi connectivity index (χ1v) is 7.76. The van der Waals surface area contributed by atoms with E-state index in [1.165, 1.54) is 0 Å². The third kappa shape index (κ3) is 3.89. The number of fused-ring (bicyclic) bond motifs is 2. The Morgan fingerprint density at radius 3 is 1.46 bits per heavy atom. The number of hydrogen-bond donors (Lipinski definition) is 2. The van der Waals surface area contributed by atoms with E-state index in [2.05, 4.69) is 32.1 Å². The number of nitrogens with zero attached hydrogens (tertiary/aromatic N) is 2. The number of benzene rings is 2. The van der Waals surface area contributed by atoms with Crippen LogP contribution in [0.5, 0.6) is 0 Å². The standard InChI is InChI=1S/C18H18N4.2ClH/c1-2-8-14-13(7-1)19-17(20-14)11-5-6-12-18-21-15-9-3-4-10-16(15)22-18;;/h1-4,7-10H,5-6,11-12H2,(H,19,20)(H,21,22);2*1H. The van der Waals surface area contributed by atoms with Crippen molar-refractivity contribution in [1.29, 1.82) is 0 Å². The quantitative estimate of drug-likeness (QED) is 0.498. The van der Waals surface area contributed by atoms with Gasteiger partial charge < -0.3 is 9.97 Å². The van der Waals surface area contributed by atoms with E-state index in [1.807, 2.05) is 36.4 Å². The first-order chi connectivity index (χ1) is 10.9. The first-order valence-electron chi connectivity index (χ1n) is 7.76. The van der Waals surface area contributed by atoms with Gasteiger partial charge in [0.15, 0.2) is 0 Å². The third-order valence-electron chi connectivity index (χ3n) is 3.95. The monoisotopic (exact) mass is 362 g/mol. The molecule has 2 N–H and O–H groups in total. The van der Waals surface area contributed by atoms with Crippen molar-refractivity contribution in [3.05, 3.63) is 60.2 Å². The van der Waals surface area contributed by atoms with Crippen molar-refractivity contribution in [2.24, 2.45) is 0 Å². The van der Waals surface area contributed by atoms with Crippen molar-refractivity contribution >= 4 is 46.9 Å². The molecule has 0 fully saturated rings. The number of unbranched alkanes of at least 4 members (excludes halogenated alkanes) is 1. The molecule has 0 amide bonds. The zero-order chi connectivity index (χ0) is 14.8. The van der Waals surface area contributed by atoms with Gasteiger partial charge in [0.1, 0.15) is 11.6 Å². The Morgan fingerprint density at radius 1 is 0.625 bits per heavy atom. The maximum Gasteiger partial charge on any atom is 0.107 e. The summed E-state index contributed by atoms with van der Waals surface area (Å²) < 4.78 is 0. The van der Waals surface area contributed by atoms with Crippen LogP contribution in [0.2, 0.25) is 0 Å². The van der Waals surface area contributed by atoms with Crippen molar-refractivity contribution in [3.63, 3.8) is 0 Å². The van der Waals surface area contributed by atoms with Crippen LogP contribution in [0.15, 0.2) is 48.5 Å². The lowest BCUT2D eigenvalue weighted by Gasteiger charge is -1.97. The van der Waals surface area contributed by atoms with Gasteiger partial charge in [0.25, 0.3) is 0 Å². The summed E-state index contributed by atoms with van der Waals surface area (Å²) in [5, 5.41) is 0. The minimum Gasteiger partial charge on any atom is -0.342 e. The highest BCUT2D eigenvalue weighted by molar-refractivity contribution is 5.85. The SMILES string of the molecule is Cl.Cl.c1ccc2[nH]c(CCCCc3nc4ccccc4[nH]3)nc2c1. The number of aromatic amines is 2. The van der Waals surface area contributed by atoms with E-state index < -0.39 is 0 Å². The highest BCUT2D eigenvalue weighted by Gasteiger charge is 2.04. The van der Waals surface area contributed by atoms with Crippen LogP contribution in [0.3, 0.4) is 0 Å². The molecule has 0 atom stereocenters. The predicted molar refractivity (Wildman–Crippen MR) is 103 cm³/mol. The van der Waals surface area contributed by atoms with Gasteiger partial charge in [-0.1, -0.05) is 24.3 Å². The number of para-hydroxylation sites is 4. The molecule has 0 aliphatic rings. The van der Waals surface area contributed by atoms with E-state index in [1.54, 1.807) is 0 Å². The van der Waals surface area contributed by atoms with Gasteiger partial charge in [-0.15, -0.1) is 24.8 Å². The summed E-state index contributed by atoms with van der Waals surface area (Å²) in [6.07, 6.45) is 4.18. The van der Waals surface area contributed by atoms with Crippen LogP contribution in [-0.4, -0.2) is 19.9 Å². The molecule has 4 rings (SSSR count). The number of rotatable bonds is 5. The Labute approximate surface area is 152 Å². The van der Waals surface area contributed by atoms with E-state index in [0.717, 1.165) is 59.4 Å². The number of nitrogens with one attached hydrogen (secondary N) is 2. The summed E-state index contributed by atoms with van der Waals surface area (Å²) >= 11 is 0. The largest absolute Gasteiger partial charge is 0.342 e. The minimum absolute atomic E-state index is 0. The number of hydrogen-bond acceptors (Lipinski definition) is 2. The Balaban J connectivity index is 0.00000104. The summed E-state index contributed by atoms with van der Waals surface area (Å²) in [6, 6.07) is 16.3. The molecule has 0 bridgehead atoms. The summed E-state index contributed by atoms with van der Waals surface area (Å²) in [6.45, 7) is 0. The van der Waals surface area contributed by atoms with Crippen LogP contribution in [-0.2, 0) is 12.8 Å². The van der Waals surface area contributed by atoms with E-state index >= 15 is 0 Å². The van der Waals surface area contributed by atoms with E-state index in [9.17, 15) is 0 Å². The second kappa shape index (κ2) is 8.18. The number of aryl methyl sites for hydroxylation is 2. The highest BCUT2D eigenvalue weighted by atomic mass is 35.5. The smallest absolute Gasteiger partial charge is 0.107 e. The van der Waals surface area contributed by atoms with Crippen molar-refractivity contribution in [2.45, 2.75) is 25.7 Å². The topological polar surface area (TPSA) is 57.4 Å². The van der Waals surface area contributed by atoms with Crippen LogP contribution in [0, 0.1) is 0 Å². The maximum atomic E-state index is 4.61. The van der Waals surface area contributed by atoms with Gasteiger partial charge in [-0.2, -0.15) is 0 Å². The fraction of sp³-hybridized carbons (Fsp3) is 0.222. The van der Waals surface area contributed by atoms with Gasteiger partial charge in [0, 0.05) is 12.8 Å². The van der Waals surface area contributed by atoms with Gasteiger partial charge in [0.2, 0.25) is 0 Å². The lowest BCUT2D eigenvalue weighted by atomic mass is 10.2. The zero-order valence-corrected chi connectivity index (χ0v) is 14.8. The normalized spacial score (nSPS) is 10.5. The molecule has 24 heavy (non-hydrogen) atoms. The number of aromatic nitrogens is 4. The Kier molecular flexibility index (Phi) is 6.23. The molecular formula is C18H20Cl2N4. The molecule has 0 spiro atoms. The van der Waals surface area contributed by atoms with Crippen LogP contribution in [0.1, 0.15) is 24.5 Å². The average molecular weight is 363 g/mol. The average Bonchev–Trinajstić information content (AvgIpc) is 3.14. The van der Waals surface area contributed by atoms with E-state index in [0.29, 0.717) is 0 Å². The van der Waals surface area contributed by atoms with Crippen molar-refractivity contribution < 1.29 is 0 Å². The molecule has 6 heteroatoms. The molecule has 0 unspecified atom stereocenters. The van der Waals surface area contributed by atoms with Crippen LogP contribution >= 0.6 is 24.8 Å². The number of halogens is 2. The summed E-state index contributed by atoms with van der Waals surface area (Å²) in [4.78, 5) is 16.0. The summed E-state index contributed by atoms with van der Waals surface area (Å²) in [5.41, 5.74) is 4.34. The third-order valence-corrected chi connectivity index (χ3v) is 3.95. The van der Waals surface area contributed by atoms with E-state index in [-0.39, 0.29) is 24.8 Å². The summed E-state index contributed by atoms with van der Waals surface area (Å²) in [7, 11) is 0. The van der Waals surface area contributed by atoms with Crippen LogP contribution < -0.4 is 0 Å². The molecule has 0 radical (unpaired) electrons. The predicted octanol–water partition coefficient (Wildman–Crippen LogP) is 4.85. The molecule has 126 valence electrons. The molecule has 4 nitrogen and oxygen atoms in total. The Hall–Kier alpha value is -2.04. The highest BCUT2D eigenvalue weighted by Crippen LogP contribution is 2.14. The van der Waals surface area contributed by atoms with Gasteiger partial charge in [-0.3, -0.25) is 0 Å². The molecule has 4 aromatic rings. The van der Waals surface area contributed by atoms with Crippen molar-refractivity contribution in [3.8, 4) is 0 Å². The van der Waals surface area contributed by atoms with Crippen molar-refractivity contribution in [1.82, 2.24) is 19.9 Å². The fourth-order valence-corrected chi connectivity index (χ4v) is 2.83. The second-order valence-electron chi connectivity index (χ2n) is 5.61. The molecule has 0 saturated carbocycles. The second-order valence-corrected chi connectivity index (χ2v) is 5.61. The number of imidazole rings is 2. The zero-order valence-electron chi connectivity index (χ0n) is 13.2. The first kappa shape index (κ1) is 18.3. The lowest BCUT2D eigenvalue weighted by Crippen LogP contribution is -1.92. The van der Waals surface area contributed by atoms with Crippen molar-refractivity contribution in [2.75, 3.05) is 0 Å². The number of H-pyrrole nitrogens is 2. The van der Waals surface area contributed by atoms with Gasteiger partial charge in [-0.05, 0) is 37.1 Å². The lowest BCUT2D eigenvalue weighted by molar-refractivity contribution is 0.698. The van der Waals surface area contributed by atoms with Crippen LogP contribution in [0.4, 0.5) is 0 Å². The molecule has 2 aromatic heterocycles. The molecule has 0 aliphatic carbocycles. The van der Waals surface area contributed by atoms with E-state index in [4.69, 9.17) is 0 Å². The van der Waals surface area contributed by atoms with Gasteiger partial charge in [-0.25, -0.2) is 9.97 Å². The molecule has 0 aliphatic heterocycles. The Bertz CT molecular complexity index is 771.